The third-order valence-corrected chi connectivity index (χ3v) is 1.51. The molecule has 0 fully saturated rings. The van der Waals surface area contributed by atoms with Crippen LogP contribution in [0, 0.1) is 0 Å². The molecule has 0 spiro atoms. The van der Waals surface area contributed by atoms with Crippen molar-refractivity contribution in [1.29, 1.82) is 0 Å². The number of amides is 1. The molecular weight excluding hydrogens is 182 g/mol. The van der Waals surface area contributed by atoms with Gasteiger partial charge in [-0.3, -0.25) is 4.84 Å². The van der Waals surface area contributed by atoms with Gasteiger partial charge in [0.1, 0.15) is 6.61 Å². The van der Waals surface area contributed by atoms with Gasteiger partial charge in [0, 0.05) is 0 Å². The highest BCUT2D eigenvalue weighted by molar-refractivity contribution is 5.65. The number of rotatable bonds is 4. The van der Waals surface area contributed by atoms with Gasteiger partial charge in [-0.2, -0.15) is 5.48 Å². The molecule has 1 rings (SSSR count). The second-order valence-corrected chi connectivity index (χ2v) is 2.60. The third kappa shape index (κ3) is 3.91. The Morgan fingerprint density at radius 3 is 2.71 bits per heavy atom. The van der Waals surface area contributed by atoms with E-state index in [1.807, 2.05) is 30.3 Å². The van der Waals surface area contributed by atoms with Crippen molar-refractivity contribution in [1.82, 2.24) is 5.48 Å². The Hall–Kier alpha value is -1.55. The predicted octanol–water partition coefficient (Wildman–Crippen LogP) is 1.86. The monoisotopic (exact) mass is 195 g/mol. The summed E-state index contributed by atoms with van der Waals surface area (Å²) in [7, 11) is 0. The van der Waals surface area contributed by atoms with E-state index >= 15 is 0 Å². The minimum atomic E-state index is -0.573. The molecule has 0 atom stereocenters. The minimum Gasteiger partial charge on any atom is -0.443 e. The van der Waals surface area contributed by atoms with Crippen molar-refractivity contribution in [2.24, 2.45) is 0 Å². The predicted molar refractivity (Wildman–Crippen MR) is 51.4 cm³/mol. The first kappa shape index (κ1) is 10.5. The van der Waals surface area contributed by atoms with Crippen molar-refractivity contribution in [3.05, 3.63) is 35.9 Å². The standard InChI is InChI=1S/C10H13NO3/c1-2-14-11-10(12)13-8-9-6-4-3-5-7-9/h3-7H,2,8H2,1H3,(H,11,12). The first-order chi connectivity index (χ1) is 6.83. The van der Waals surface area contributed by atoms with Gasteiger partial charge in [-0.05, 0) is 12.5 Å². The van der Waals surface area contributed by atoms with Crippen LogP contribution in [0.1, 0.15) is 12.5 Å². The lowest BCUT2D eigenvalue weighted by Crippen LogP contribution is -2.24. The molecule has 14 heavy (non-hydrogen) atoms. The Balaban J connectivity index is 2.24. The maximum Gasteiger partial charge on any atom is 0.431 e. The number of carbonyl (C=O) groups excluding carboxylic acids is 1. The van der Waals surface area contributed by atoms with Crippen LogP contribution in [0.4, 0.5) is 4.79 Å². The fraction of sp³-hybridized carbons (Fsp3) is 0.300. The van der Waals surface area contributed by atoms with Crippen LogP contribution in [0.2, 0.25) is 0 Å². The van der Waals surface area contributed by atoms with Gasteiger partial charge in [0.05, 0.1) is 6.61 Å². The number of hydroxylamine groups is 1. The fourth-order valence-electron chi connectivity index (χ4n) is 0.884. The van der Waals surface area contributed by atoms with Crippen LogP contribution in [0.5, 0.6) is 0 Å². The van der Waals surface area contributed by atoms with Gasteiger partial charge >= 0.3 is 6.09 Å². The average molecular weight is 195 g/mol. The van der Waals surface area contributed by atoms with E-state index in [0.29, 0.717) is 6.61 Å². The molecule has 1 N–H and O–H groups in total. The van der Waals surface area contributed by atoms with Crippen molar-refractivity contribution in [2.45, 2.75) is 13.5 Å². The molecule has 0 saturated heterocycles. The molecule has 76 valence electrons. The van der Waals surface area contributed by atoms with Crippen molar-refractivity contribution in [3.8, 4) is 0 Å². The largest absolute Gasteiger partial charge is 0.443 e. The topological polar surface area (TPSA) is 47.6 Å². The molecule has 0 heterocycles. The zero-order valence-corrected chi connectivity index (χ0v) is 8.03. The van der Waals surface area contributed by atoms with Gasteiger partial charge in [-0.25, -0.2) is 4.79 Å². The van der Waals surface area contributed by atoms with E-state index in [-0.39, 0.29) is 6.61 Å². The van der Waals surface area contributed by atoms with Crippen LogP contribution in [0.3, 0.4) is 0 Å². The smallest absolute Gasteiger partial charge is 0.431 e. The van der Waals surface area contributed by atoms with Crippen molar-refractivity contribution < 1.29 is 14.4 Å². The zero-order chi connectivity index (χ0) is 10.2. The second-order valence-electron chi connectivity index (χ2n) is 2.60. The van der Waals surface area contributed by atoms with Gasteiger partial charge < -0.3 is 4.74 Å². The highest BCUT2D eigenvalue weighted by Gasteiger charge is 2.00. The number of nitrogens with one attached hydrogen (secondary N) is 1. The highest BCUT2D eigenvalue weighted by atomic mass is 16.7. The van der Waals surface area contributed by atoms with Crippen molar-refractivity contribution in [2.75, 3.05) is 6.61 Å². The normalized spacial score (nSPS) is 9.50. The molecule has 0 aromatic heterocycles. The SMILES string of the molecule is CCONC(=O)OCc1ccccc1. The molecular formula is C10H13NO3. The summed E-state index contributed by atoms with van der Waals surface area (Å²) in [4.78, 5) is 15.6. The Morgan fingerprint density at radius 2 is 2.07 bits per heavy atom. The van der Waals surface area contributed by atoms with Crippen LogP contribution in [-0.4, -0.2) is 12.7 Å². The Labute approximate surface area is 82.8 Å². The summed E-state index contributed by atoms with van der Waals surface area (Å²) in [5.41, 5.74) is 3.09. The molecule has 0 radical (unpaired) electrons. The van der Waals surface area contributed by atoms with Crippen LogP contribution in [0.25, 0.3) is 0 Å². The van der Waals surface area contributed by atoms with Gasteiger partial charge in [0.2, 0.25) is 0 Å². The minimum absolute atomic E-state index is 0.250. The fourth-order valence-corrected chi connectivity index (χ4v) is 0.884. The van der Waals surface area contributed by atoms with Crippen LogP contribution in [0.15, 0.2) is 30.3 Å². The number of carbonyl (C=O) groups is 1. The summed E-state index contributed by atoms with van der Waals surface area (Å²) in [6.45, 7) is 2.44. The van der Waals surface area contributed by atoms with Crippen LogP contribution >= 0.6 is 0 Å². The summed E-state index contributed by atoms with van der Waals surface area (Å²) in [5, 5.41) is 0. The molecule has 4 heteroatoms. The summed E-state index contributed by atoms with van der Waals surface area (Å²) in [5.74, 6) is 0. The number of hydrogen-bond acceptors (Lipinski definition) is 3. The van der Waals surface area contributed by atoms with Gasteiger partial charge in [-0.15, -0.1) is 0 Å². The molecule has 1 amide bonds. The van der Waals surface area contributed by atoms with E-state index in [1.165, 1.54) is 0 Å². The maximum absolute atomic E-state index is 10.9. The molecule has 4 nitrogen and oxygen atoms in total. The lowest BCUT2D eigenvalue weighted by atomic mass is 10.2. The molecule has 0 unspecified atom stereocenters. The quantitative estimate of drug-likeness (QED) is 0.746. The van der Waals surface area contributed by atoms with E-state index < -0.39 is 6.09 Å². The number of ether oxygens (including phenoxy) is 1. The van der Waals surface area contributed by atoms with Crippen molar-refractivity contribution >= 4 is 6.09 Å². The molecule has 0 bridgehead atoms. The first-order valence-corrected chi connectivity index (χ1v) is 4.41. The summed E-state index contributed by atoms with van der Waals surface area (Å²) in [6, 6.07) is 9.45. The summed E-state index contributed by atoms with van der Waals surface area (Å²) >= 11 is 0. The Morgan fingerprint density at radius 1 is 1.36 bits per heavy atom. The van der Waals surface area contributed by atoms with Gasteiger partial charge in [0.15, 0.2) is 0 Å². The lowest BCUT2D eigenvalue weighted by molar-refractivity contribution is 0.0317. The van der Waals surface area contributed by atoms with Gasteiger partial charge in [0.25, 0.3) is 0 Å². The van der Waals surface area contributed by atoms with E-state index in [1.54, 1.807) is 6.92 Å². The van der Waals surface area contributed by atoms with E-state index in [4.69, 9.17) is 4.74 Å². The molecule has 1 aromatic carbocycles. The summed E-state index contributed by atoms with van der Waals surface area (Å²) < 4.78 is 4.86. The lowest BCUT2D eigenvalue weighted by Gasteiger charge is -2.05. The molecule has 0 aliphatic carbocycles. The first-order valence-electron chi connectivity index (χ1n) is 4.41. The van der Waals surface area contributed by atoms with Crippen LogP contribution in [-0.2, 0) is 16.2 Å². The Kier molecular flexibility index (Phi) is 4.50. The van der Waals surface area contributed by atoms with E-state index in [9.17, 15) is 4.79 Å². The highest BCUT2D eigenvalue weighted by Crippen LogP contribution is 2.00. The zero-order valence-electron chi connectivity index (χ0n) is 8.03. The molecule has 0 saturated carbocycles. The van der Waals surface area contributed by atoms with E-state index in [0.717, 1.165) is 5.56 Å². The summed E-state index contributed by atoms with van der Waals surface area (Å²) in [6.07, 6.45) is -0.573. The van der Waals surface area contributed by atoms with E-state index in [2.05, 4.69) is 10.3 Å². The van der Waals surface area contributed by atoms with Gasteiger partial charge in [-0.1, -0.05) is 30.3 Å². The molecule has 1 aromatic rings. The second kappa shape index (κ2) is 5.99. The van der Waals surface area contributed by atoms with Crippen LogP contribution < -0.4 is 5.48 Å². The number of hydrogen-bond donors (Lipinski definition) is 1. The third-order valence-electron chi connectivity index (χ3n) is 1.51. The molecule has 0 aliphatic rings. The Bertz CT molecular complexity index is 274. The molecule has 0 aliphatic heterocycles. The maximum atomic E-state index is 10.9. The average Bonchev–Trinajstić information content (AvgIpc) is 2.25. The van der Waals surface area contributed by atoms with Crippen molar-refractivity contribution in [3.63, 3.8) is 0 Å². The number of benzene rings is 1.